The first-order valence-corrected chi connectivity index (χ1v) is 7.88. The molecule has 0 fully saturated rings. The van der Waals surface area contributed by atoms with Crippen LogP contribution in [0.2, 0.25) is 0 Å². The van der Waals surface area contributed by atoms with Gasteiger partial charge in [0.2, 0.25) is 0 Å². The van der Waals surface area contributed by atoms with E-state index < -0.39 is 18.0 Å². The van der Waals surface area contributed by atoms with E-state index in [4.69, 9.17) is 5.73 Å². The number of unbranched alkanes of at least 4 members (excludes halogenated alkanes) is 4. The standard InChI is InChI=1S/C17H29NO3/c1-3-4-5-6-7-8-9-10-11-12-13-14-16(19)21-17(20)15(2)18/h7-8,10-11,15H,3-6,9,12-14,18H2,1-2H3. The second-order valence-electron chi connectivity index (χ2n) is 5.15. The van der Waals surface area contributed by atoms with Crippen LogP contribution in [0.5, 0.6) is 0 Å². The molecule has 0 spiro atoms. The minimum absolute atomic E-state index is 0.246. The summed E-state index contributed by atoms with van der Waals surface area (Å²) in [6, 6.07) is -0.752. The summed E-state index contributed by atoms with van der Waals surface area (Å²) in [7, 11) is 0. The van der Waals surface area contributed by atoms with Crippen LogP contribution < -0.4 is 5.73 Å². The molecule has 0 aliphatic carbocycles. The average molecular weight is 295 g/mol. The monoisotopic (exact) mass is 295 g/mol. The van der Waals surface area contributed by atoms with Crippen LogP contribution in [0.1, 0.15) is 65.2 Å². The molecular weight excluding hydrogens is 266 g/mol. The molecule has 0 aromatic rings. The van der Waals surface area contributed by atoms with Gasteiger partial charge in [0.25, 0.3) is 0 Å². The Kier molecular flexibility index (Phi) is 12.6. The zero-order chi connectivity index (χ0) is 15.9. The topological polar surface area (TPSA) is 69.4 Å². The molecule has 0 bridgehead atoms. The lowest BCUT2D eigenvalue weighted by molar-refractivity contribution is -0.160. The van der Waals surface area contributed by atoms with E-state index in [2.05, 4.69) is 36.0 Å². The molecule has 2 N–H and O–H groups in total. The zero-order valence-corrected chi connectivity index (χ0v) is 13.3. The zero-order valence-electron chi connectivity index (χ0n) is 13.3. The lowest BCUT2D eigenvalue weighted by Gasteiger charge is -2.04. The van der Waals surface area contributed by atoms with E-state index in [1.54, 1.807) is 0 Å². The summed E-state index contributed by atoms with van der Waals surface area (Å²) in [6.07, 6.45) is 16.2. The maximum Gasteiger partial charge on any atom is 0.330 e. The molecule has 1 unspecified atom stereocenters. The molecule has 0 rings (SSSR count). The van der Waals surface area contributed by atoms with Gasteiger partial charge >= 0.3 is 11.9 Å². The SMILES string of the molecule is CCCCCC=CCC=CCCCC(=O)OC(=O)C(C)N. The number of allylic oxidation sites excluding steroid dienone is 4. The van der Waals surface area contributed by atoms with Gasteiger partial charge in [-0.25, -0.2) is 4.79 Å². The fourth-order valence-corrected chi connectivity index (χ4v) is 1.64. The van der Waals surface area contributed by atoms with Crippen molar-refractivity contribution >= 4 is 11.9 Å². The third-order valence-corrected chi connectivity index (χ3v) is 2.92. The molecule has 0 heterocycles. The van der Waals surface area contributed by atoms with E-state index in [0.29, 0.717) is 6.42 Å². The van der Waals surface area contributed by atoms with E-state index in [-0.39, 0.29) is 6.42 Å². The number of nitrogens with two attached hydrogens (primary N) is 1. The smallest absolute Gasteiger partial charge is 0.330 e. The van der Waals surface area contributed by atoms with Crippen LogP contribution in [0, 0.1) is 0 Å². The van der Waals surface area contributed by atoms with Gasteiger partial charge in [0.1, 0.15) is 6.04 Å². The molecule has 0 saturated carbocycles. The first-order valence-electron chi connectivity index (χ1n) is 7.88. The van der Waals surface area contributed by atoms with Gasteiger partial charge in [-0.1, -0.05) is 44.1 Å². The summed E-state index contributed by atoms with van der Waals surface area (Å²) in [5, 5.41) is 0. The van der Waals surface area contributed by atoms with Crippen molar-refractivity contribution in [3.8, 4) is 0 Å². The van der Waals surface area contributed by atoms with Crippen LogP contribution in [0.3, 0.4) is 0 Å². The van der Waals surface area contributed by atoms with Crippen LogP contribution in [0.4, 0.5) is 0 Å². The minimum atomic E-state index is -0.752. The van der Waals surface area contributed by atoms with Crippen molar-refractivity contribution in [1.29, 1.82) is 0 Å². The normalized spacial score (nSPS) is 12.9. The van der Waals surface area contributed by atoms with Crippen LogP contribution in [-0.2, 0) is 14.3 Å². The summed E-state index contributed by atoms with van der Waals surface area (Å²) < 4.78 is 4.57. The highest BCUT2D eigenvalue weighted by atomic mass is 16.6. The van der Waals surface area contributed by atoms with Gasteiger partial charge in [-0.15, -0.1) is 0 Å². The Morgan fingerprint density at radius 2 is 1.67 bits per heavy atom. The second kappa shape index (κ2) is 13.6. The van der Waals surface area contributed by atoms with Gasteiger partial charge in [-0.2, -0.15) is 0 Å². The Labute approximate surface area is 128 Å². The molecule has 21 heavy (non-hydrogen) atoms. The van der Waals surface area contributed by atoms with Gasteiger partial charge in [0.05, 0.1) is 0 Å². The highest BCUT2D eigenvalue weighted by Gasteiger charge is 2.13. The molecule has 1 atom stereocenters. The molecule has 0 aromatic carbocycles. The maximum absolute atomic E-state index is 11.3. The molecule has 0 aliphatic heterocycles. The number of rotatable bonds is 11. The van der Waals surface area contributed by atoms with Crippen LogP contribution in [-0.4, -0.2) is 18.0 Å². The van der Waals surface area contributed by atoms with Crippen molar-refractivity contribution in [2.24, 2.45) is 5.73 Å². The number of hydrogen-bond acceptors (Lipinski definition) is 4. The van der Waals surface area contributed by atoms with Crippen molar-refractivity contribution < 1.29 is 14.3 Å². The first kappa shape index (κ1) is 19.6. The molecule has 120 valence electrons. The first-order chi connectivity index (χ1) is 10.1. The van der Waals surface area contributed by atoms with Crippen molar-refractivity contribution in [3.63, 3.8) is 0 Å². The molecule has 0 radical (unpaired) electrons. The second-order valence-corrected chi connectivity index (χ2v) is 5.15. The Hall–Kier alpha value is -1.42. The third kappa shape index (κ3) is 13.3. The summed E-state index contributed by atoms with van der Waals surface area (Å²) >= 11 is 0. The molecule has 0 aliphatic rings. The fourth-order valence-electron chi connectivity index (χ4n) is 1.64. The van der Waals surface area contributed by atoms with E-state index in [1.807, 2.05) is 0 Å². The van der Waals surface area contributed by atoms with Gasteiger partial charge < -0.3 is 10.5 Å². The van der Waals surface area contributed by atoms with E-state index >= 15 is 0 Å². The Balaban J connectivity index is 3.51. The number of ether oxygens (including phenoxy) is 1. The molecule has 0 saturated heterocycles. The number of esters is 2. The lowest BCUT2D eigenvalue weighted by atomic mass is 10.2. The molecule has 4 nitrogen and oxygen atoms in total. The predicted octanol–water partition coefficient (Wildman–Crippen LogP) is 3.66. The van der Waals surface area contributed by atoms with Crippen LogP contribution in [0.25, 0.3) is 0 Å². The van der Waals surface area contributed by atoms with Crippen molar-refractivity contribution in [1.82, 2.24) is 0 Å². The summed E-state index contributed by atoms with van der Waals surface area (Å²) in [4.78, 5) is 22.3. The summed E-state index contributed by atoms with van der Waals surface area (Å²) in [5.41, 5.74) is 5.30. The lowest BCUT2D eigenvalue weighted by Crippen LogP contribution is -2.30. The molecule has 0 amide bonds. The maximum atomic E-state index is 11.3. The van der Waals surface area contributed by atoms with E-state index in [0.717, 1.165) is 19.3 Å². The fraction of sp³-hybridized carbons (Fsp3) is 0.647. The van der Waals surface area contributed by atoms with Gasteiger partial charge in [-0.05, 0) is 39.0 Å². The van der Waals surface area contributed by atoms with Gasteiger partial charge in [0.15, 0.2) is 0 Å². The summed E-state index contributed by atoms with van der Waals surface area (Å²) in [6.45, 7) is 3.70. The van der Waals surface area contributed by atoms with Crippen molar-refractivity contribution in [2.45, 2.75) is 71.3 Å². The highest BCUT2D eigenvalue weighted by Crippen LogP contribution is 2.02. The van der Waals surface area contributed by atoms with Gasteiger partial charge in [-0.3, -0.25) is 4.79 Å². The Bertz CT molecular complexity index is 346. The van der Waals surface area contributed by atoms with Crippen molar-refractivity contribution in [2.75, 3.05) is 0 Å². The number of hydrogen-bond donors (Lipinski definition) is 1. The molecular formula is C17H29NO3. The third-order valence-electron chi connectivity index (χ3n) is 2.92. The Morgan fingerprint density at radius 3 is 2.24 bits per heavy atom. The van der Waals surface area contributed by atoms with Crippen molar-refractivity contribution in [3.05, 3.63) is 24.3 Å². The molecule has 0 aromatic heterocycles. The van der Waals surface area contributed by atoms with E-state index in [1.165, 1.54) is 26.2 Å². The minimum Gasteiger partial charge on any atom is -0.392 e. The van der Waals surface area contributed by atoms with Crippen LogP contribution in [0.15, 0.2) is 24.3 Å². The van der Waals surface area contributed by atoms with Crippen LogP contribution >= 0.6 is 0 Å². The highest BCUT2D eigenvalue weighted by molar-refractivity contribution is 5.87. The largest absolute Gasteiger partial charge is 0.392 e. The number of carbonyl (C=O) groups excluding carboxylic acids is 2. The number of carbonyl (C=O) groups is 2. The predicted molar refractivity (Wildman–Crippen MR) is 85.6 cm³/mol. The quantitative estimate of drug-likeness (QED) is 0.273. The Morgan fingerprint density at radius 1 is 1.05 bits per heavy atom. The molecule has 4 heteroatoms. The van der Waals surface area contributed by atoms with E-state index in [9.17, 15) is 9.59 Å². The summed E-state index contributed by atoms with van der Waals surface area (Å²) in [5.74, 6) is -1.16. The van der Waals surface area contributed by atoms with Gasteiger partial charge in [0, 0.05) is 6.42 Å². The average Bonchev–Trinajstić information content (AvgIpc) is 2.44.